The summed E-state index contributed by atoms with van der Waals surface area (Å²) in [6.45, 7) is 0.346. The largest absolute Gasteiger partial charge is 0.396 e. The highest BCUT2D eigenvalue weighted by Crippen LogP contribution is 2.06. The molecule has 0 aliphatic heterocycles. The zero-order valence-corrected chi connectivity index (χ0v) is 9.71. The van der Waals surface area contributed by atoms with Crippen LogP contribution >= 0.6 is 0 Å². The number of rotatable bonds is 8. The lowest BCUT2D eigenvalue weighted by Crippen LogP contribution is -2.30. The number of aliphatic hydroxyl groups excluding tert-OH is 1. The molecular formula is C12H23N2O+. The Bertz CT molecular complexity index is 258. The van der Waals surface area contributed by atoms with Gasteiger partial charge in [0, 0.05) is 13.0 Å². The van der Waals surface area contributed by atoms with Gasteiger partial charge in [-0.3, -0.25) is 0 Å². The van der Waals surface area contributed by atoms with Gasteiger partial charge in [0.25, 0.3) is 5.82 Å². The average molecular weight is 211 g/mol. The minimum Gasteiger partial charge on any atom is -0.396 e. The number of aromatic nitrogens is 2. The Morgan fingerprint density at radius 3 is 2.40 bits per heavy atom. The summed E-state index contributed by atoms with van der Waals surface area (Å²) in [6.07, 6.45) is 12.4. The summed E-state index contributed by atoms with van der Waals surface area (Å²) in [6, 6.07) is 0. The van der Waals surface area contributed by atoms with Crippen molar-refractivity contribution in [1.29, 1.82) is 0 Å². The molecule has 86 valence electrons. The minimum absolute atomic E-state index is 0.346. The van der Waals surface area contributed by atoms with E-state index < -0.39 is 0 Å². The van der Waals surface area contributed by atoms with Crippen LogP contribution in [0.5, 0.6) is 0 Å². The maximum absolute atomic E-state index is 8.62. The summed E-state index contributed by atoms with van der Waals surface area (Å²) in [5.41, 5.74) is 0. The first-order valence-corrected chi connectivity index (χ1v) is 5.97. The maximum Gasteiger partial charge on any atom is 0.253 e. The first kappa shape index (κ1) is 12.2. The predicted molar refractivity (Wildman–Crippen MR) is 60.5 cm³/mol. The second-order valence-corrected chi connectivity index (χ2v) is 4.11. The van der Waals surface area contributed by atoms with Crippen molar-refractivity contribution in [3.05, 3.63) is 18.2 Å². The fraction of sp³-hybridized carbons (Fsp3) is 0.750. The molecule has 0 amide bonds. The number of nitrogens with one attached hydrogen (secondary N) is 1. The first-order chi connectivity index (χ1) is 7.34. The molecule has 0 spiro atoms. The second-order valence-electron chi connectivity index (χ2n) is 4.11. The second kappa shape index (κ2) is 7.46. The highest BCUT2D eigenvalue weighted by Gasteiger charge is 2.04. The van der Waals surface area contributed by atoms with Gasteiger partial charge < -0.3 is 5.11 Å². The Hall–Kier alpha value is -0.830. The monoisotopic (exact) mass is 211 g/mol. The number of aliphatic hydroxyl groups is 1. The van der Waals surface area contributed by atoms with Crippen molar-refractivity contribution in [1.82, 2.24) is 4.98 Å². The van der Waals surface area contributed by atoms with Gasteiger partial charge in [0.2, 0.25) is 0 Å². The molecule has 0 aromatic carbocycles. The van der Waals surface area contributed by atoms with Crippen molar-refractivity contribution in [2.75, 3.05) is 6.61 Å². The Balaban J connectivity index is 1.96. The minimum atomic E-state index is 0.346. The molecule has 15 heavy (non-hydrogen) atoms. The number of aryl methyl sites for hydroxylation is 2. The molecule has 1 rings (SSSR count). The number of unbranched alkanes of at least 4 members (excludes halogenated alkanes) is 5. The van der Waals surface area contributed by atoms with Gasteiger partial charge in [-0.1, -0.05) is 25.7 Å². The maximum atomic E-state index is 8.62. The number of H-pyrrole nitrogens is 1. The quantitative estimate of drug-likeness (QED) is 0.499. The topological polar surface area (TPSA) is 39.9 Å². The lowest BCUT2D eigenvalue weighted by molar-refractivity contribution is -0.677. The van der Waals surface area contributed by atoms with Gasteiger partial charge in [-0.05, 0) is 12.8 Å². The Morgan fingerprint density at radius 2 is 1.80 bits per heavy atom. The van der Waals surface area contributed by atoms with Crippen LogP contribution in [0.3, 0.4) is 0 Å². The van der Waals surface area contributed by atoms with E-state index in [1.165, 1.54) is 37.9 Å². The Kier molecular flexibility index (Phi) is 6.09. The Morgan fingerprint density at radius 1 is 1.13 bits per heavy atom. The summed E-state index contributed by atoms with van der Waals surface area (Å²) in [5, 5.41) is 8.62. The van der Waals surface area contributed by atoms with E-state index in [2.05, 4.69) is 22.8 Å². The molecule has 0 saturated heterocycles. The van der Waals surface area contributed by atoms with Gasteiger partial charge in [0.15, 0.2) is 0 Å². The van der Waals surface area contributed by atoms with Crippen molar-refractivity contribution in [3.63, 3.8) is 0 Å². The highest BCUT2D eigenvalue weighted by molar-refractivity contribution is 4.76. The SMILES string of the molecule is C[n+]1cc[nH]c1CCCCCCCCO. The molecule has 3 nitrogen and oxygen atoms in total. The molecule has 0 fully saturated rings. The molecule has 2 N–H and O–H groups in total. The number of aromatic amines is 1. The van der Waals surface area contributed by atoms with E-state index in [0.717, 1.165) is 12.8 Å². The molecule has 0 unspecified atom stereocenters. The lowest BCUT2D eigenvalue weighted by Gasteiger charge is -1.99. The summed E-state index contributed by atoms with van der Waals surface area (Å²) in [7, 11) is 2.08. The molecule has 1 heterocycles. The van der Waals surface area contributed by atoms with Gasteiger partial charge in [-0.15, -0.1) is 0 Å². The van der Waals surface area contributed by atoms with Crippen LogP contribution in [0.2, 0.25) is 0 Å². The van der Waals surface area contributed by atoms with E-state index >= 15 is 0 Å². The van der Waals surface area contributed by atoms with Gasteiger partial charge >= 0.3 is 0 Å². The summed E-state index contributed by atoms with van der Waals surface area (Å²) < 4.78 is 2.14. The molecule has 0 radical (unpaired) electrons. The van der Waals surface area contributed by atoms with E-state index in [-0.39, 0.29) is 0 Å². The average Bonchev–Trinajstić information content (AvgIpc) is 2.63. The van der Waals surface area contributed by atoms with Crippen LogP contribution in [-0.4, -0.2) is 16.7 Å². The van der Waals surface area contributed by atoms with E-state index in [4.69, 9.17) is 5.11 Å². The van der Waals surface area contributed by atoms with Gasteiger partial charge in [-0.25, -0.2) is 9.55 Å². The third-order valence-electron chi connectivity index (χ3n) is 2.80. The van der Waals surface area contributed by atoms with Crippen molar-refractivity contribution >= 4 is 0 Å². The van der Waals surface area contributed by atoms with E-state index in [0.29, 0.717) is 6.61 Å². The van der Waals surface area contributed by atoms with Crippen LogP contribution in [-0.2, 0) is 13.5 Å². The van der Waals surface area contributed by atoms with Gasteiger partial charge in [0.05, 0.1) is 7.05 Å². The van der Waals surface area contributed by atoms with E-state index in [1.54, 1.807) is 0 Å². The molecule has 0 saturated carbocycles. The summed E-state index contributed by atoms with van der Waals surface area (Å²) in [4.78, 5) is 3.25. The third-order valence-corrected chi connectivity index (χ3v) is 2.80. The zero-order chi connectivity index (χ0) is 10.9. The van der Waals surface area contributed by atoms with Crippen LogP contribution in [0.15, 0.2) is 12.4 Å². The third kappa shape index (κ3) is 4.98. The molecular weight excluding hydrogens is 188 g/mol. The van der Waals surface area contributed by atoms with Gasteiger partial charge in [-0.2, -0.15) is 0 Å². The van der Waals surface area contributed by atoms with E-state index in [1.807, 2.05) is 6.20 Å². The summed E-state index contributed by atoms with van der Waals surface area (Å²) in [5.74, 6) is 1.31. The fourth-order valence-electron chi connectivity index (χ4n) is 1.80. The van der Waals surface area contributed by atoms with Crippen LogP contribution in [0.1, 0.15) is 44.3 Å². The predicted octanol–water partition coefficient (Wildman–Crippen LogP) is 1.71. The molecule has 3 heteroatoms. The number of nitrogens with zero attached hydrogens (tertiary/aromatic N) is 1. The summed E-state index contributed by atoms with van der Waals surface area (Å²) >= 11 is 0. The highest BCUT2D eigenvalue weighted by atomic mass is 16.2. The van der Waals surface area contributed by atoms with Crippen molar-refractivity contribution in [3.8, 4) is 0 Å². The molecule has 1 aromatic rings. The normalized spacial score (nSPS) is 10.8. The molecule has 0 bridgehead atoms. The molecule has 0 atom stereocenters. The van der Waals surface area contributed by atoms with Crippen molar-refractivity contribution in [2.45, 2.75) is 44.9 Å². The van der Waals surface area contributed by atoms with Gasteiger partial charge in [0.1, 0.15) is 12.4 Å². The molecule has 1 aromatic heterocycles. The lowest BCUT2D eigenvalue weighted by atomic mass is 10.1. The van der Waals surface area contributed by atoms with E-state index in [9.17, 15) is 0 Å². The van der Waals surface area contributed by atoms with Crippen molar-refractivity contribution in [2.24, 2.45) is 7.05 Å². The van der Waals surface area contributed by atoms with Crippen molar-refractivity contribution < 1.29 is 9.67 Å². The standard InChI is InChI=1S/C12H22N2O/c1-14-10-9-13-12(14)8-6-4-2-3-5-7-11-15/h9-10,15H,2-8,11H2,1H3/p+1. The number of hydrogen-bond donors (Lipinski definition) is 2. The van der Waals surface area contributed by atoms with Crippen LogP contribution in [0, 0.1) is 0 Å². The number of imidazole rings is 1. The van der Waals surface area contributed by atoms with Crippen LogP contribution < -0.4 is 4.57 Å². The molecule has 0 aliphatic rings. The first-order valence-electron chi connectivity index (χ1n) is 5.97. The van der Waals surface area contributed by atoms with Crippen LogP contribution in [0.4, 0.5) is 0 Å². The van der Waals surface area contributed by atoms with Crippen LogP contribution in [0.25, 0.3) is 0 Å². The fourth-order valence-corrected chi connectivity index (χ4v) is 1.80. The zero-order valence-electron chi connectivity index (χ0n) is 9.71. The Labute approximate surface area is 92.1 Å². The smallest absolute Gasteiger partial charge is 0.253 e. The number of hydrogen-bond acceptors (Lipinski definition) is 1. The molecule has 0 aliphatic carbocycles.